The van der Waals surface area contributed by atoms with E-state index in [9.17, 15) is 9.59 Å². The van der Waals surface area contributed by atoms with Crippen molar-refractivity contribution in [3.63, 3.8) is 0 Å². The van der Waals surface area contributed by atoms with Crippen LogP contribution in [0, 0.1) is 13.8 Å². The lowest BCUT2D eigenvalue weighted by atomic mass is 10.1. The zero-order valence-corrected chi connectivity index (χ0v) is 19.0. The van der Waals surface area contributed by atoms with Crippen LogP contribution in [-0.2, 0) is 22.4 Å². The number of fused-ring (bicyclic) bond motifs is 3. The van der Waals surface area contributed by atoms with Gasteiger partial charge in [0.05, 0.1) is 5.52 Å². The maximum absolute atomic E-state index is 12.3. The van der Waals surface area contributed by atoms with Crippen LogP contribution in [0.1, 0.15) is 35.9 Å². The molecule has 0 unspecified atom stereocenters. The number of rotatable bonds is 7. The Labute approximate surface area is 191 Å². The molecule has 0 aliphatic carbocycles. The minimum atomic E-state index is -0.423. The number of hydrogen-bond donors (Lipinski definition) is 2. The molecule has 0 spiro atoms. The molecule has 2 amide bonds. The van der Waals surface area contributed by atoms with Gasteiger partial charge in [0, 0.05) is 23.2 Å². The van der Waals surface area contributed by atoms with E-state index in [0.717, 1.165) is 45.5 Å². The number of aromatic nitrogens is 3. The first-order chi connectivity index (χ1) is 16.0. The van der Waals surface area contributed by atoms with Crippen LogP contribution in [0.2, 0.25) is 0 Å². The van der Waals surface area contributed by atoms with Gasteiger partial charge in [0.15, 0.2) is 12.3 Å². The third-order valence-electron chi connectivity index (χ3n) is 5.67. The molecule has 2 aromatic heterocycles. The Kier molecular flexibility index (Phi) is 6.53. The van der Waals surface area contributed by atoms with Crippen LogP contribution in [0.25, 0.3) is 16.6 Å². The molecule has 0 fully saturated rings. The van der Waals surface area contributed by atoms with E-state index in [4.69, 9.17) is 9.72 Å². The molecule has 170 valence electrons. The molecule has 0 bridgehead atoms. The summed E-state index contributed by atoms with van der Waals surface area (Å²) in [7, 11) is 0. The number of para-hydroxylation sites is 1. The van der Waals surface area contributed by atoms with E-state index in [1.807, 2.05) is 73.8 Å². The number of amides is 2. The van der Waals surface area contributed by atoms with Crippen LogP contribution in [-0.4, -0.2) is 33.0 Å². The second-order valence-corrected chi connectivity index (χ2v) is 7.86. The van der Waals surface area contributed by atoms with Gasteiger partial charge >= 0.3 is 0 Å². The number of ether oxygens (including phenoxy) is 1. The van der Waals surface area contributed by atoms with Crippen LogP contribution < -0.4 is 15.6 Å². The van der Waals surface area contributed by atoms with Gasteiger partial charge in [0.2, 0.25) is 5.91 Å². The van der Waals surface area contributed by atoms with E-state index in [-0.39, 0.29) is 18.9 Å². The molecular weight excluding hydrogens is 418 g/mol. The van der Waals surface area contributed by atoms with Gasteiger partial charge < -0.3 is 4.74 Å². The lowest BCUT2D eigenvalue weighted by Gasteiger charge is -2.12. The summed E-state index contributed by atoms with van der Waals surface area (Å²) >= 11 is 0. The number of aryl methyl sites for hydroxylation is 3. The summed E-state index contributed by atoms with van der Waals surface area (Å²) in [6, 6.07) is 15.4. The fourth-order valence-corrected chi connectivity index (χ4v) is 3.89. The Morgan fingerprint density at radius 1 is 1.00 bits per heavy atom. The molecule has 4 aromatic rings. The molecule has 2 N–H and O–H groups in total. The van der Waals surface area contributed by atoms with E-state index >= 15 is 0 Å². The molecule has 0 saturated carbocycles. The molecule has 0 aliphatic rings. The number of hydrogen-bond acceptors (Lipinski definition) is 5. The van der Waals surface area contributed by atoms with Crippen molar-refractivity contribution in [1.82, 2.24) is 25.4 Å². The first-order valence-electron chi connectivity index (χ1n) is 11.0. The maximum atomic E-state index is 12.3. The first-order valence-corrected chi connectivity index (χ1v) is 11.0. The second kappa shape index (κ2) is 9.68. The zero-order valence-electron chi connectivity index (χ0n) is 19.0. The Bertz CT molecular complexity index is 1330. The topological polar surface area (TPSA) is 97.6 Å². The summed E-state index contributed by atoms with van der Waals surface area (Å²) < 4.78 is 7.40. The van der Waals surface area contributed by atoms with Gasteiger partial charge in [0.25, 0.3) is 5.91 Å². The summed E-state index contributed by atoms with van der Waals surface area (Å²) in [4.78, 5) is 29.1. The molecule has 4 rings (SSSR count). The third kappa shape index (κ3) is 4.79. The fraction of sp³-hybridized carbons (Fsp3) is 0.280. The highest BCUT2D eigenvalue weighted by atomic mass is 16.5. The molecular formula is C25H27N5O3. The number of nitrogens with zero attached hydrogens (tertiary/aromatic N) is 3. The summed E-state index contributed by atoms with van der Waals surface area (Å²) in [5.41, 5.74) is 10.4. The predicted octanol–water partition coefficient (Wildman–Crippen LogP) is 3.22. The summed E-state index contributed by atoms with van der Waals surface area (Å²) in [6.07, 6.45) is 1.50. The van der Waals surface area contributed by atoms with E-state index in [1.54, 1.807) is 0 Å². The Hall–Kier alpha value is -3.94. The number of nitrogens with one attached hydrogen (secondary N) is 2. The quantitative estimate of drug-likeness (QED) is 0.426. The van der Waals surface area contributed by atoms with Crippen molar-refractivity contribution in [2.45, 2.75) is 40.0 Å². The molecule has 0 radical (unpaired) electrons. The van der Waals surface area contributed by atoms with E-state index < -0.39 is 5.91 Å². The van der Waals surface area contributed by atoms with Gasteiger partial charge in [-0.15, -0.1) is 0 Å². The third-order valence-corrected chi connectivity index (χ3v) is 5.67. The van der Waals surface area contributed by atoms with E-state index in [1.165, 1.54) is 0 Å². The van der Waals surface area contributed by atoms with Crippen LogP contribution in [0.3, 0.4) is 0 Å². The largest absolute Gasteiger partial charge is 0.483 e. The van der Waals surface area contributed by atoms with Crippen molar-refractivity contribution in [3.05, 3.63) is 71.0 Å². The summed E-state index contributed by atoms with van der Waals surface area (Å²) in [5.74, 6) is -0.0450. The van der Waals surface area contributed by atoms with Crippen molar-refractivity contribution in [2.75, 3.05) is 6.61 Å². The first kappa shape index (κ1) is 22.3. The lowest BCUT2D eigenvalue weighted by Crippen LogP contribution is -2.44. The van der Waals surface area contributed by atoms with Crippen molar-refractivity contribution < 1.29 is 14.3 Å². The SMILES string of the molecule is CCc1ccccc1OCC(=O)NNC(=O)CCc1c(C)nc2c3ccccc3nn2c1C. The summed E-state index contributed by atoms with van der Waals surface area (Å²) in [6.45, 7) is 5.76. The molecule has 8 nitrogen and oxygen atoms in total. The van der Waals surface area contributed by atoms with Crippen molar-refractivity contribution in [1.29, 1.82) is 0 Å². The second-order valence-electron chi connectivity index (χ2n) is 7.86. The zero-order chi connectivity index (χ0) is 23.4. The highest BCUT2D eigenvalue weighted by molar-refractivity contribution is 5.92. The molecule has 0 aliphatic heterocycles. The van der Waals surface area contributed by atoms with Crippen molar-refractivity contribution in [3.8, 4) is 5.75 Å². The number of carbonyl (C=O) groups is 2. The number of carbonyl (C=O) groups excluding carboxylic acids is 2. The standard InChI is InChI=1S/C25H27N5O3/c1-4-18-9-5-8-12-22(18)33-15-24(32)28-27-23(31)14-13-19-16(2)26-25-20-10-6-7-11-21(20)29-30(25)17(19)3/h5-12H,4,13-15H2,1-3H3,(H,27,31)(H,28,32). The highest BCUT2D eigenvalue weighted by Gasteiger charge is 2.15. The average Bonchev–Trinajstić information content (AvgIpc) is 3.20. The van der Waals surface area contributed by atoms with Crippen molar-refractivity contribution in [2.24, 2.45) is 0 Å². The number of benzene rings is 2. The molecule has 8 heteroatoms. The minimum absolute atomic E-state index is 0.178. The Morgan fingerprint density at radius 2 is 1.73 bits per heavy atom. The Balaban J connectivity index is 1.33. The normalized spacial score (nSPS) is 11.0. The number of hydrazine groups is 1. The fourth-order valence-electron chi connectivity index (χ4n) is 3.89. The van der Waals surface area contributed by atoms with E-state index in [0.29, 0.717) is 12.2 Å². The monoisotopic (exact) mass is 445 g/mol. The molecule has 0 atom stereocenters. The van der Waals surface area contributed by atoms with Gasteiger partial charge in [-0.05, 0) is 56.0 Å². The molecule has 0 saturated heterocycles. The smallest absolute Gasteiger partial charge is 0.276 e. The maximum Gasteiger partial charge on any atom is 0.276 e. The Morgan fingerprint density at radius 3 is 2.55 bits per heavy atom. The molecule has 2 aromatic carbocycles. The van der Waals surface area contributed by atoms with Crippen molar-refractivity contribution >= 4 is 28.4 Å². The average molecular weight is 446 g/mol. The predicted molar refractivity (Wildman–Crippen MR) is 126 cm³/mol. The van der Waals surface area contributed by atoms with Gasteiger partial charge in [-0.25, -0.2) is 9.50 Å². The van der Waals surface area contributed by atoms with Gasteiger partial charge in [0.1, 0.15) is 5.75 Å². The van der Waals surface area contributed by atoms with Gasteiger partial charge in [-0.1, -0.05) is 37.3 Å². The van der Waals surface area contributed by atoms with Crippen LogP contribution >= 0.6 is 0 Å². The molecule has 33 heavy (non-hydrogen) atoms. The summed E-state index contributed by atoms with van der Waals surface area (Å²) in [5, 5.41) is 5.64. The molecule has 2 heterocycles. The van der Waals surface area contributed by atoms with Gasteiger partial charge in [-0.3, -0.25) is 20.4 Å². The van der Waals surface area contributed by atoms with E-state index in [2.05, 4.69) is 16.0 Å². The van der Waals surface area contributed by atoms with Crippen LogP contribution in [0.4, 0.5) is 0 Å². The minimum Gasteiger partial charge on any atom is -0.483 e. The lowest BCUT2D eigenvalue weighted by molar-refractivity contribution is -0.130. The highest BCUT2D eigenvalue weighted by Crippen LogP contribution is 2.23. The van der Waals surface area contributed by atoms with Crippen LogP contribution in [0.5, 0.6) is 5.75 Å². The van der Waals surface area contributed by atoms with Gasteiger partial charge in [-0.2, -0.15) is 5.10 Å². The van der Waals surface area contributed by atoms with Crippen LogP contribution in [0.15, 0.2) is 48.5 Å².